The van der Waals surface area contributed by atoms with Gasteiger partial charge >= 0.3 is 6.18 Å². The number of rotatable bonds is 9. The minimum Gasteiger partial charge on any atom is -0.494 e. The summed E-state index contributed by atoms with van der Waals surface area (Å²) in [7, 11) is 0. The van der Waals surface area contributed by atoms with Crippen molar-refractivity contribution in [3.05, 3.63) is 60.3 Å². The summed E-state index contributed by atoms with van der Waals surface area (Å²) < 4.78 is 51.6. The van der Waals surface area contributed by atoms with Crippen molar-refractivity contribution >= 4 is 23.1 Å². The number of ether oxygens (including phenoxy) is 2. The molecule has 0 aliphatic heterocycles. The summed E-state index contributed by atoms with van der Waals surface area (Å²) in [6.45, 7) is 4.78. The topological polar surface area (TPSA) is 68.3 Å². The van der Waals surface area contributed by atoms with Gasteiger partial charge in [0.2, 0.25) is 5.95 Å². The predicted octanol–water partition coefficient (Wildman–Crippen LogP) is 6.17. The van der Waals surface area contributed by atoms with E-state index in [1.807, 2.05) is 6.92 Å². The van der Waals surface area contributed by atoms with Crippen molar-refractivity contribution in [3.63, 3.8) is 0 Å². The fraction of sp³-hybridized carbons (Fsp3) is 0.273. The van der Waals surface area contributed by atoms with Crippen molar-refractivity contribution in [3.8, 4) is 11.5 Å². The molecular weight excluding hydrogens is 409 g/mol. The van der Waals surface area contributed by atoms with Crippen molar-refractivity contribution in [2.24, 2.45) is 0 Å². The van der Waals surface area contributed by atoms with Crippen LogP contribution in [0.2, 0.25) is 0 Å². The molecule has 0 bridgehead atoms. The summed E-state index contributed by atoms with van der Waals surface area (Å²) in [6, 6.07) is 13.7. The third kappa shape index (κ3) is 6.00. The Kier molecular flexibility index (Phi) is 7.17. The first-order valence-electron chi connectivity index (χ1n) is 9.83. The summed E-state index contributed by atoms with van der Waals surface area (Å²) in [5.41, 5.74) is 0.00821. The minimum atomic E-state index is -4.63. The normalized spacial score (nSPS) is 11.1. The van der Waals surface area contributed by atoms with Gasteiger partial charge in [0.05, 0.1) is 18.9 Å². The lowest BCUT2D eigenvalue weighted by molar-refractivity contribution is -0.137. The van der Waals surface area contributed by atoms with Crippen LogP contribution in [0.3, 0.4) is 0 Å². The lowest BCUT2D eigenvalue weighted by Crippen LogP contribution is -2.13. The Morgan fingerprint density at radius 2 is 1.68 bits per heavy atom. The summed E-state index contributed by atoms with van der Waals surface area (Å²) >= 11 is 0. The molecule has 0 radical (unpaired) electrons. The fourth-order valence-corrected chi connectivity index (χ4v) is 2.71. The molecule has 0 aliphatic carbocycles. The molecule has 0 spiro atoms. The first-order valence-corrected chi connectivity index (χ1v) is 9.83. The monoisotopic (exact) mass is 432 g/mol. The van der Waals surface area contributed by atoms with Gasteiger partial charge in [-0.25, -0.2) is 4.98 Å². The number of alkyl halides is 3. The lowest BCUT2D eigenvalue weighted by atomic mass is 10.2. The van der Waals surface area contributed by atoms with Crippen molar-refractivity contribution in [2.45, 2.75) is 26.4 Å². The van der Waals surface area contributed by atoms with Gasteiger partial charge in [0, 0.05) is 11.9 Å². The second-order valence-electron chi connectivity index (χ2n) is 6.51. The second kappa shape index (κ2) is 10.0. The second-order valence-corrected chi connectivity index (χ2v) is 6.51. The Morgan fingerprint density at radius 3 is 2.35 bits per heavy atom. The predicted molar refractivity (Wildman–Crippen MR) is 113 cm³/mol. The van der Waals surface area contributed by atoms with Crippen LogP contribution in [0.25, 0.3) is 0 Å². The summed E-state index contributed by atoms with van der Waals surface area (Å²) in [5.74, 6) is 0.774. The third-order valence-electron chi connectivity index (χ3n) is 4.12. The molecule has 0 saturated heterocycles. The van der Waals surface area contributed by atoms with Crippen LogP contribution in [-0.4, -0.2) is 23.2 Å². The third-order valence-corrected chi connectivity index (χ3v) is 4.12. The number of para-hydroxylation sites is 2. The smallest absolute Gasteiger partial charge is 0.421 e. The summed E-state index contributed by atoms with van der Waals surface area (Å²) in [5, 5.41) is 5.65. The molecule has 0 atom stereocenters. The Hall–Kier alpha value is -3.49. The highest BCUT2D eigenvalue weighted by atomic mass is 19.4. The van der Waals surface area contributed by atoms with E-state index in [0.29, 0.717) is 36.1 Å². The molecule has 6 nitrogen and oxygen atoms in total. The first kappa shape index (κ1) is 22.2. The molecule has 9 heteroatoms. The molecule has 2 aromatic carbocycles. The van der Waals surface area contributed by atoms with Gasteiger partial charge in [0.15, 0.2) is 0 Å². The maximum Gasteiger partial charge on any atom is 0.421 e. The molecule has 3 rings (SSSR count). The maximum absolute atomic E-state index is 13.5. The molecule has 0 saturated carbocycles. The molecule has 0 unspecified atom stereocenters. The zero-order valence-corrected chi connectivity index (χ0v) is 17.2. The Labute approximate surface area is 178 Å². The first-order chi connectivity index (χ1) is 14.9. The number of nitrogens with one attached hydrogen (secondary N) is 2. The number of benzene rings is 2. The Morgan fingerprint density at radius 1 is 0.935 bits per heavy atom. The van der Waals surface area contributed by atoms with Crippen LogP contribution >= 0.6 is 0 Å². The summed E-state index contributed by atoms with van der Waals surface area (Å²) in [6.07, 6.45) is -2.99. The SMILES string of the molecule is CCCOc1ccc(Nc2ncc(C(F)(F)F)c(Nc3ccccc3OCC)n2)cc1. The molecule has 31 heavy (non-hydrogen) atoms. The van der Waals surface area contributed by atoms with E-state index < -0.39 is 11.7 Å². The largest absolute Gasteiger partial charge is 0.494 e. The van der Waals surface area contributed by atoms with Gasteiger partial charge in [0.1, 0.15) is 22.9 Å². The van der Waals surface area contributed by atoms with E-state index in [4.69, 9.17) is 9.47 Å². The number of nitrogens with zero attached hydrogens (tertiary/aromatic N) is 2. The number of anilines is 4. The Balaban J connectivity index is 1.87. The van der Waals surface area contributed by atoms with Gasteiger partial charge in [-0.3, -0.25) is 0 Å². The molecule has 164 valence electrons. The molecule has 3 aromatic rings. The number of halogens is 3. The fourth-order valence-electron chi connectivity index (χ4n) is 2.71. The average molecular weight is 432 g/mol. The zero-order chi connectivity index (χ0) is 22.3. The van der Waals surface area contributed by atoms with Crippen molar-refractivity contribution in [1.29, 1.82) is 0 Å². The van der Waals surface area contributed by atoms with E-state index in [1.165, 1.54) is 0 Å². The van der Waals surface area contributed by atoms with E-state index >= 15 is 0 Å². The molecule has 0 amide bonds. The van der Waals surface area contributed by atoms with Crippen LogP contribution in [-0.2, 0) is 6.18 Å². The molecule has 0 aliphatic rings. The van der Waals surface area contributed by atoms with Crippen LogP contribution in [0.15, 0.2) is 54.7 Å². The van der Waals surface area contributed by atoms with E-state index in [9.17, 15) is 13.2 Å². The van der Waals surface area contributed by atoms with E-state index in [1.54, 1.807) is 55.5 Å². The molecule has 2 N–H and O–H groups in total. The molecule has 0 fully saturated rings. The Bertz CT molecular complexity index is 995. The lowest BCUT2D eigenvalue weighted by Gasteiger charge is -2.17. The van der Waals surface area contributed by atoms with Gasteiger partial charge in [-0.1, -0.05) is 19.1 Å². The van der Waals surface area contributed by atoms with Crippen LogP contribution in [0, 0.1) is 0 Å². The van der Waals surface area contributed by atoms with Crippen LogP contribution in [0.5, 0.6) is 11.5 Å². The van der Waals surface area contributed by atoms with Crippen LogP contribution in [0.4, 0.5) is 36.3 Å². The zero-order valence-electron chi connectivity index (χ0n) is 17.2. The average Bonchev–Trinajstić information content (AvgIpc) is 2.74. The van der Waals surface area contributed by atoms with Crippen LogP contribution in [0.1, 0.15) is 25.8 Å². The van der Waals surface area contributed by atoms with E-state index in [-0.39, 0.29) is 11.8 Å². The molecular formula is C22H23F3N4O2. The number of aromatic nitrogens is 2. The molecule has 1 heterocycles. The number of hydrogen-bond acceptors (Lipinski definition) is 6. The van der Waals surface area contributed by atoms with Crippen molar-refractivity contribution in [2.75, 3.05) is 23.8 Å². The van der Waals surface area contributed by atoms with Gasteiger partial charge in [-0.15, -0.1) is 0 Å². The van der Waals surface area contributed by atoms with Gasteiger partial charge < -0.3 is 20.1 Å². The van der Waals surface area contributed by atoms with Gasteiger partial charge in [-0.05, 0) is 49.7 Å². The van der Waals surface area contributed by atoms with Gasteiger partial charge in [-0.2, -0.15) is 18.2 Å². The van der Waals surface area contributed by atoms with Crippen molar-refractivity contribution < 1.29 is 22.6 Å². The standard InChI is InChI=1S/C22H23F3N4O2/c1-3-13-31-16-11-9-15(10-12-16)27-21-26-14-17(22(23,24)25)20(29-21)28-18-7-5-6-8-19(18)30-4-2/h5-12,14H,3-4,13H2,1-2H3,(H2,26,27,28,29). The van der Waals surface area contributed by atoms with E-state index in [0.717, 1.165) is 12.6 Å². The van der Waals surface area contributed by atoms with E-state index in [2.05, 4.69) is 20.6 Å². The highest BCUT2D eigenvalue weighted by Gasteiger charge is 2.35. The van der Waals surface area contributed by atoms with Crippen molar-refractivity contribution in [1.82, 2.24) is 9.97 Å². The highest BCUT2D eigenvalue weighted by Crippen LogP contribution is 2.37. The summed E-state index contributed by atoms with van der Waals surface area (Å²) in [4.78, 5) is 7.89. The van der Waals surface area contributed by atoms with Crippen LogP contribution < -0.4 is 20.1 Å². The highest BCUT2D eigenvalue weighted by molar-refractivity contribution is 5.67. The number of hydrogen-bond donors (Lipinski definition) is 2. The maximum atomic E-state index is 13.5. The quantitative estimate of drug-likeness (QED) is 0.421. The van der Waals surface area contributed by atoms with Gasteiger partial charge in [0.25, 0.3) is 0 Å². The molecule has 1 aromatic heterocycles. The minimum absolute atomic E-state index is 0.0200.